The van der Waals surface area contributed by atoms with Crippen molar-refractivity contribution in [3.05, 3.63) is 62.2 Å². The van der Waals surface area contributed by atoms with Gasteiger partial charge in [-0.2, -0.15) is 0 Å². The predicted octanol–water partition coefficient (Wildman–Crippen LogP) is 3.47. The Morgan fingerprint density at radius 1 is 1.07 bits per heavy atom. The third-order valence-corrected chi connectivity index (χ3v) is 8.62. The number of aryl methyl sites for hydroxylation is 1. The van der Waals surface area contributed by atoms with Crippen molar-refractivity contribution in [2.24, 2.45) is 0 Å². The minimum Gasteiger partial charge on any atom is -0.304 e. The Labute approximate surface area is 184 Å². The third kappa shape index (κ3) is 5.53. The van der Waals surface area contributed by atoms with Crippen molar-refractivity contribution in [2.45, 2.75) is 33.0 Å². The van der Waals surface area contributed by atoms with Crippen LogP contribution >= 0.6 is 22.6 Å². The minimum atomic E-state index is -1.01. The summed E-state index contributed by atoms with van der Waals surface area (Å²) in [5.41, 5.74) is 4.67. The summed E-state index contributed by atoms with van der Waals surface area (Å²) in [6.45, 7) is 12.4. The summed E-state index contributed by atoms with van der Waals surface area (Å²) in [5, 5.41) is 1.45. The Morgan fingerprint density at radius 3 is 2.43 bits per heavy atom. The van der Waals surface area contributed by atoms with Crippen LogP contribution in [0.3, 0.4) is 0 Å². The summed E-state index contributed by atoms with van der Waals surface area (Å²) >= 11 is 2.31. The van der Waals surface area contributed by atoms with Crippen LogP contribution in [0.2, 0.25) is 13.1 Å². The van der Waals surface area contributed by atoms with Gasteiger partial charge < -0.3 is 4.90 Å². The molecule has 1 heterocycles. The average Bonchev–Trinajstić information content (AvgIpc) is 2.66. The molecule has 0 radical (unpaired) electrons. The molecule has 0 aromatic heterocycles. The molecular formula is C23H31IN2OSi. The number of ketones is 1. The van der Waals surface area contributed by atoms with E-state index >= 15 is 0 Å². The smallest absolute Gasteiger partial charge is 0.167 e. The molecule has 2 aromatic carbocycles. The lowest BCUT2D eigenvalue weighted by Crippen LogP contribution is -2.44. The normalized spacial score (nSPS) is 15.9. The van der Waals surface area contributed by atoms with Crippen molar-refractivity contribution in [1.82, 2.24) is 9.80 Å². The fourth-order valence-electron chi connectivity index (χ4n) is 3.75. The summed E-state index contributed by atoms with van der Waals surface area (Å²) in [7, 11) is 1.18. The number of rotatable bonds is 6. The van der Waals surface area contributed by atoms with Crippen LogP contribution in [0.1, 0.15) is 27.0 Å². The van der Waals surface area contributed by atoms with Gasteiger partial charge in [0.1, 0.15) is 0 Å². The van der Waals surface area contributed by atoms with Crippen LogP contribution in [-0.4, -0.2) is 57.6 Å². The molecule has 28 heavy (non-hydrogen) atoms. The van der Waals surface area contributed by atoms with Gasteiger partial charge in [-0.1, -0.05) is 48.6 Å². The van der Waals surface area contributed by atoms with Gasteiger partial charge in [-0.25, -0.2) is 0 Å². The summed E-state index contributed by atoms with van der Waals surface area (Å²) in [6, 6.07) is 12.9. The molecule has 1 aliphatic heterocycles. The minimum absolute atomic E-state index is 0.223. The van der Waals surface area contributed by atoms with Crippen molar-refractivity contribution >= 4 is 42.4 Å². The molecule has 0 bridgehead atoms. The maximum absolute atomic E-state index is 12.9. The Balaban J connectivity index is 1.75. The van der Waals surface area contributed by atoms with E-state index in [1.54, 1.807) is 0 Å². The zero-order chi connectivity index (χ0) is 20.3. The van der Waals surface area contributed by atoms with Gasteiger partial charge in [0, 0.05) is 48.3 Å². The topological polar surface area (TPSA) is 23.6 Å². The number of nitrogens with zero attached hydrogens (tertiary/aromatic N) is 2. The van der Waals surface area contributed by atoms with Gasteiger partial charge >= 0.3 is 0 Å². The molecule has 0 aliphatic carbocycles. The van der Waals surface area contributed by atoms with Gasteiger partial charge in [-0.15, -0.1) is 0 Å². The third-order valence-electron chi connectivity index (χ3n) is 5.68. The molecule has 0 N–H and O–H groups in total. The largest absolute Gasteiger partial charge is 0.304 e. The van der Waals surface area contributed by atoms with Crippen LogP contribution < -0.4 is 5.19 Å². The number of carbonyl (C=O) groups is 1. The summed E-state index contributed by atoms with van der Waals surface area (Å²) in [6.07, 6.45) is 0.508. The van der Waals surface area contributed by atoms with Gasteiger partial charge in [0.15, 0.2) is 5.78 Å². The fourth-order valence-corrected chi connectivity index (χ4v) is 5.75. The van der Waals surface area contributed by atoms with E-state index in [4.69, 9.17) is 0 Å². The van der Waals surface area contributed by atoms with E-state index in [9.17, 15) is 4.79 Å². The highest BCUT2D eigenvalue weighted by molar-refractivity contribution is 14.1. The number of hydrogen-bond donors (Lipinski definition) is 0. The summed E-state index contributed by atoms with van der Waals surface area (Å²) in [5.74, 6) is 0.223. The molecule has 0 unspecified atom stereocenters. The molecule has 3 rings (SSSR count). The average molecular weight is 507 g/mol. The van der Waals surface area contributed by atoms with E-state index < -0.39 is 8.80 Å². The number of Topliss-reactive ketones (excluding diaryl/α,β-unsaturated/α-hetero) is 1. The van der Waals surface area contributed by atoms with Gasteiger partial charge in [0.05, 0.1) is 8.80 Å². The quantitative estimate of drug-likeness (QED) is 0.341. The maximum atomic E-state index is 12.9. The van der Waals surface area contributed by atoms with Gasteiger partial charge in [0.2, 0.25) is 0 Å². The Hall–Kier alpha value is -1.02. The first-order valence-corrected chi connectivity index (χ1v) is 14.1. The zero-order valence-electron chi connectivity index (χ0n) is 17.5. The first-order chi connectivity index (χ1) is 13.3. The predicted molar refractivity (Wildman–Crippen MR) is 130 cm³/mol. The number of piperazine rings is 1. The summed E-state index contributed by atoms with van der Waals surface area (Å²) < 4.78 is 1.16. The maximum Gasteiger partial charge on any atom is 0.167 e. The number of halogens is 1. The first kappa shape index (κ1) is 21.7. The van der Waals surface area contributed by atoms with E-state index in [1.807, 2.05) is 18.2 Å². The van der Waals surface area contributed by atoms with Crippen molar-refractivity contribution < 1.29 is 4.79 Å². The van der Waals surface area contributed by atoms with Crippen LogP contribution in [0, 0.1) is 10.5 Å². The van der Waals surface area contributed by atoms with E-state index in [1.165, 1.54) is 21.9 Å². The van der Waals surface area contributed by atoms with Crippen molar-refractivity contribution in [3.8, 4) is 0 Å². The van der Waals surface area contributed by atoms with Gasteiger partial charge in [-0.3, -0.25) is 9.69 Å². The molecule has 1 saturated heterocycles. The molecule has 5 heteroatoms. The monoisotopic (exact) mass is 506 g/mol. The molecule has 1 aliphatic rings. The van der Waals surface area contributed by atoms with Crippen LogP contribution in [-0.2, 0) is 13.0 Å². The molecule has 150 valence electrons. The van der Waals surface area contributed by atoms with Crippen LogP contribution in [0.4, 0.5) is 0 Å². The Morgan fingerprint density at radius 2 is 1.79 bits per heavy atom. The number of hydrogen-bond acceptors (Lipinski definition) is 3. The van der Waals surface area contributed by atoms with E-state index in [0.29, 0.717) is 6.42 Å². The Bertz CT molecular complexity index is 844. The standard InChI is InChI=1S/C23H31IN2OSi/c1-17-5-7-19(14-21(17)24)22(27)15-20-8-6-18(13-23(20)28(3)4)16-26-11-9-25(2)10-12-26/h5-8,13-14,28H,9-12,15-16H2,1-4H3. The van der Waals surface area contributed by atoms with Gasteiger partial charge in [0.25, 0.3) is 0 Å². The lowest BCUT2D eigenvalue weighted by molar-refractivity contribution is 0.0993. The van der Waals surface area contributed by atoms with E-state index in [0.717, 1.165) is 41.9 Å². The molecule has 0 amide bonds. The second-order valence-electron chi connectivity index (χ2n) is 8.33. The van der Waals surface area contributed by atoms with Gasteiger partial charge in [-0.05, 0) is 59.3 Å². The highest BCUT2D eigenvalue weighted by Gasteiger charge is 2.17. The fraction of sp³-hybridized carbons (Fsp3) is 0.435. The lowest BCUT2D eigenvalue weighted by Gasteiger charge is -2.32. The molecule has 3 nitrogen and oxygen atoms in total. The first-order valence-electron chi connectivity index (χ1n) is 10.2. The van der Waals surface area contributed by atoms with Crippen LogP contribution in [0.25, 0.3) is 0 Å². The molecule has 0 saturated carbocycles. The van der Waals surface area contributed by atoms with Crippen molar-refractivity contribution in [3.63, 3.8) is 0 Å². The molecule has 2 aromatic rings. The van der Waals surface area contributed by atoms with Crippen molar-refractivity contribution in [2.75, 3.05) is 33.2 Å². The number of carbonyl (C=O) groups excluding carboxylic acids is 1. The van der Waals surface area contributed by atoms with E-state index in [2.05, 4.69) is 77.7 Å². The highest BCUT2D eigenvalue weighted by atomic mass is 127. The molecule has 0 atom stereocenters. The second kappa shape index (κ2) is 9.65. The SMILES string of the molecule is Cc1ccc(C(=O)Cc2ccc(CN3CCN(C)CC3)cc2[SiH](C)C)cc1I. The summed E-state index contributed by atoms with van der Waals surface area (Å²) in [4.78, 5) is 17.8. The number of benzene rings is 2. The number of likely N-dealkylation sites (N-methyl/N-ethyl adjacent to an activating group) is 1. The lowest BCUT2D eigenvalue weighted by atomic mass is 10.0. The molecule has 0 spiro atoms. The molecule has 1 fully saturated rings. The zero-order valence-corrected chi connectivity index (χ0v) is 20.8. The van der Waals surface area contributed by atoms with E-state index in [-0.39, 0.29) is 5.78 Å². The second-order valence-corrected chi connectivity index (χ2v) is 12.4. The highest BCUT2D eigenvalue weighted by Crippen LogP contribution is 2.16. The van der Waals surface area contributed by atoms with Crippen molar-refractivity contribution in [1.29, 1.82) is 0 Å². The van der Waals surface area contributed by atoms with Crippen LogP contribution in [0.15, 0.2) is 36.4 Å². The van der Waals surface area contributed by atoms with Crippen LogP contribution in [0.5, 0.6) is 0 Å². The molecular weight excluding hydrogens is 475 g/mol. The Kier molecular flexibility index (Phi) is 7.47.